The summed E-state index contributed by atoms with van der Waals surface area (Å²) in [7, 11) is 3.33. The van der Waals surface area contributed by atoms with Gasteiger partial charge in [-0.15, -0.1) is 0 Å². The predicted octanol–water partition coefficient (Wildman–Crippen LogP) is 3.85. The molecule has 0 aliphatic rings. The van der Waals surface area contributed by atoms with Crippen LogP contribution >= 0.6 is 11.8 Å². The van der Waals surface area contributed by atoms with E-state index in [1.54, 1.807) is 31.2 Å². The van der Waals surface area contributed by atoms with Gasteiger partial charge in [0.05, 0.1) is 23.4 Å². The summed E-state index contributed by atoms with van der Waals surface area (Å²) in [6.07, 6.45) is 0. The molecule has 3 aromatic rings. The molecule has 1 amide bonds. The lowest BCUT2D eigenvalue weighted by Gasteiger charge is -2.20. The van der Waals surface area contributed by atoms with Gasteiger partial charge in [-0.05, 0) is 36.8 Å². The van der Waals surface area contributed by atoms with Crippen LogP contribution in [-0.2, 0) is 11.3 Å². The van der Waals surface area contributed by atoms with Gasteiger partial charge in [0.2, 0.25) is 5.91 Å². The van der Waals surface area contributed by atoms with Crippen LogP contribution in [-0.4, -0.2) is 40.2 Å². The molecule has 0 unspecified atom stereocenters. The number of hydrogen-bond acceptors (Lipinski definition) is 4. The van der Waals surface area contributed by atoms with Crippen LogP contribution in [0.4, 0.5) is 4.39 Å². The zero-order chi connectivity index (χ0) is 18.7. The Balaban J connectivity index is 1.66. The lowest BCUT2D eigenvalue weighted by Crippen LogP contribution is -2.32. The van der Waals surface area contributed by atoms with Gasteiger partial charge in [-0.3, -0.25) is 4.79 Å². The van der Waals surface area contributed by atoms with E-state index in [4.69, 9.17) is 4.74 Å². The van der Waals surface area contributed by atoms with Gasteiger partial charge in [0.15, 0.2) is 5.16 Å². The van der Waals surface area contributed by atoms with Crippen LogP contribution in [0.5, 0.6) is 5.75 Å². The van der Waals surface area contributed by atoms with Crippen LogP contribution in [0.1, 0.15) is 12.5 Å². The summed E-state index contributed by atoms with van der Waals surface area (Å²) in [5.41, 5.74) is 2.44. The largest absolute Gasteiger partial charge is 0.497 e. The zero-order valence-electron chi connectivity index (χ0n) is 14.8. The molecule has 0 aliphatic carbocycles. The Morgan fingerprint density at radius 1 is 1.35 bits per heavy atom. The summed E-state index contributed by atoms with van der Waals surface area (Å²) >= 11 is 1.36. The molecule has 0 saturated heterocycles. The van der Waals surface area contributed by atoms with Gasteiger partial charge in [0.1, 0.15) is 11.6 Å². The van der Waals surface area contributed by atoms with Crippen LogP contribution < -0.4 is 4.74 Å². The first-order valence-corrected chi connectivity index (χ1v) is 9.04. The fourth-order valence-corrected chi connectivity index (χ4v) is 3.60. The number of methoxy groups -OCH3 is 1. The molecule has 26 heavy (non-hydrogen) atoms. The van der Waals surface area contributed by atoms with Crippen molar-refractivity contribution in [2.24, 2.45) is 0 Å². The van der Waals surface area contributed by atoms with Crippen LogP contribution in [0, 0.1) is 5.82 Å². The van der Waals surface area contributed by atoms with E-state index < -0.39 is 0 Å². The first kappa shape index (κ1) is 18.3. The fraction of sp³-hybridized carbons (Fsp3) is 0.263. The van der Waals surface area contributed by atoms with Crippen molar-refractivity contribution in [2.75, 3.05) is 14.2 Å². The molecule has 1 heterocycles. The molecule has 1 aromatic heterocycles. The van der Waals surface area contributed by atoms with Crippen molar-refractivity contribution >= 4 is 28.7 Å². The highest BCUT2D eigenvalue weighted by Crippen LogP contribution is 2.26. The first-order chi connectivity index (χ1) is 12.5. The van der Waals surface area contributed by atoms with Crippen LogP contribution in [0.2, 0.25) is 0 Å². The molecule has 3 rings (SSSR count). The summed E-state index contributed by atoms with van der Waals surface area (Å²) in [5.74, 6) is 0.400. The van der Waals surface area contributed by atoms with E-state index in [1.165, 1.54) is 23.9 Å². The Hall–Kier alpha value is -2.54. The van der Waals surface area contributed by atoms with E-state index >= 15 is 0 Å². The minimum absolute atomic E-state index is 0.0442. The number of aromatic amines is 1. The summed E-state index contributed by atoms with van der Waals surface area (Å²) in [5, 5.41) is 0.351. The Kier molecular flexibility index (Phi) is 5.46. The van der Waals surface area contributed by atoms with Crippen molar-refractivity contribution in [1.29, 1.82) is 0 Å². The molecule has 0 saturated carbocycles. The third-order valence-electron chi connectivity index (χ3n) is 3.99. The molecule has 7 heteroatoms. The number of nitrogens with one attached hydrogen (secondary N) is 1. The fourth-order valence-electron chi connectivity index (χ4n) is 2.66. The average Bonchev–Trinajstić information content (AvgIpc) is 3.02. The second kappa shape index (κ2) is 7.78. The van der Waals surface area contributed by atoms with Crippen molar-refractivity contribution in [3.05, 3.63) is 53.8 Å². The minimum Gasteiger partial charge on any atom is -0.497 e. The molecular weight excluding hydrogens is 353 g/mol. The number of thioether (sulfide) groups is 1. The molecule has 1 N–H and O–H groups in total. The number of ether oxygens (including phenoxy) is 1. The summed E-state index contributed by atoms with van der Waals surface area (Å²) in [4.78, 5) is 21.9. The first-order valence-electron chi connectivity index (χ1n) is 8.16. The minimum atomic E-state index is -0.323. The maximum atomic E-state index is 13.3. The molecule has 1 atom stereocenters. The molecule has 0 fully saturated rings. The van der Waals surface area contributed by atoms with Gasteiger partial charge in [-0.1, -0.05) is 23.9 Å². The second-order valence-electron chi connectivity index (χ2n) is 6.01. The molecule has 136 valence electrons. The molecule has 0 aliphatic heterocycles. The van der Waals surface area contributed by atoms with Gasteiger partial charge in [0, 0.05) is 19.7 Å². The standard InChI is InChI=1S/C19H20FN3O2S/c1-12(18(24)23(2)11-13-5-4-6-14(20)9-13)26-19-21-16-8-7-15(25-3)10-17(16)22-19/h4-10,12H,11H2,1-3H3,(H,21,22)/t12-/m0/s1. The number of hydrogen-bond donors (Lipinski definition) is 1. The van der Waals surface area contributed by atoms with Crippen molar-refractivity contribution < 1.29 is 13.9 Å². The Morgan fingerprint density at radius 2 is 2.15 bits per heavy atom. The highest BCUT2D eigenvalue weighted by molar-refractivity contribution is 8.00. The van der Waals surface area contributed by atoms with Crippen molar-refractivity contribution in [1.82, 2.24) is 14.9 Å². The van der Waals surface area contributed by atoms with E-state index in [2.05, 4.69) is 9.97 Å². The number of rotatable bonds is 6. The molecule has 2 aromatic carbocycles. The van der Waals surface area contributed by atoms with Crippen molar-refractivity contribution in [2.45, 2.75) is 23.9 Å². The number of carbonyl (C=O) groups excluding carboxylic acids is 1. The summed E-state index contributed by atoms with van der Waals surface area (Å²) in [6, 6.07) is 11.9. The maximum absolute atomic E-state index is 13.3. The number of imidazole rings is 1. The van der Waals surface area contributed by atoms with Crippen LogP contribution in [0.15, 0.2) is 47.6 Å². The Labute approximate surface area is 155 Å². The van der Waals surface area contributed by atoms with E-state index in [9.17, 15) is 9.18 Å². The predicted molar refractivity (Wildman–Crippen MR) is 101 cm³/mol. The Morgan fingerprint density at radius 3 is 2.88 bits per heavy atom. The number of halogens is 1. The smallest absolute Gasteiger partial charge is 0.235 e. The van der Waals surface area contributed by atoms with Crippen LogP contribution in [0.25, 0.3) is 11.0 Å². The van der Waals surface area contributed by atoms with Gasteiger partial charge >= 0.3 is 0 Å². The van der Waals surface area contributed by atoms with Gasteiger partial charge in [0.25, 0.3) is 0 Å². The van der Waals surface area contributed by atoms with Crippen molar-refractivity contribution in [3.63, 3.8) is 0 Å². The van der Waals surface area contributed by atoms with Gasteiger partial charge < -0.3 is 14.6 Å². The number of benzene rings is 2. The van der Waals surface area contributed by atoms with E-state index in [0.29, 0.717) is 11.7 Å². The van der Waals surface area contributed by atoms with Crippen LogP contribution in [0.3, 0.4) is 0 Å². The van der Waals surface area contributed by atoms with Gasteiger partial charge in [-0.25, -0.2) is 9.37 Å². The number of fused-ring (bicyclic) bond motifs is 1. The lowest BCUT2D eigenvalue weighted by molar-refractivity contribution is -0.129. The third kappa shape index (κ3) is 4.16. The number of carbonyl (C=O) groups is 1. The highest BCUT2D eigenvalue weighted by atomic mass is 32.2. The highest BCUT2D eigenvalue weighted by Gasteiger charge is 2.20. The number of H-pyrrole nitrogens is 1. The summed E-state index contributed by atoms with van der Waals surface area (Å²) in [6.45, 7) is 2.20. The maximum Gasteiger partial charge on any atom is 0.235 e. The molecule has 0 radical (unpaired) electrons. The SMILES string of the molecule is COc1ccc2nc(S[C@@H](C)C(=O)N(C)Cc3cccc(F)c3)[nH]c2c1. The zero-order valence-corrected chi connectivity index (χ0v) is 15.6. The average molecular weight is 373 g/mol. The van der Waals surface area contributed by atoms with E-state index in [1.807, 2.05) is 25.1 Å². The summed E-state index contributed by atoms with van der Waals surface area (Å²) < 4.78 is 18.5. The normalized spacial score (nSPS) is 12.2. The van der Waals surface area contributed by atoms with E-state index in [-0.39, 0.29) is 17.0 Å². The number of nitrogens with zero attached hydrogens (tertiary/aromatic N) is 2. The van der Waals surface area contributed by atoms with E-state index in [0.717, 1.165) is 22.3 Å². The Bertz CT molecular complexity index is 928. The molecule has 5 nitrogen and oxygen atoms in total. The monoisotopic (exact) mass is 373 g/mol. The molecule has 0 spiro atoms. The van der Waals surface area contributed by atoms with Gasteiger partial charge in [-0.2, -0.15) is 0 Å². The molecule has 0 bridgehead atoms. The molecular formula is C19H20FN3O2S. The third-order valence-corrected chi connectivity index (χ3v) is 4.96. The second-order valence-corrected chi connectivity index (χ2v) is 7.34. The lowest BCUT2D eigenvalue weighted by atomic mass is 10.2. The number of amides is 1. The van der Waals surface area contributed by atoms with Crippen molar-refractivity contribution in [3.8, 4) is 5.75 Å². The number of aromatic nitrogens is 2. The topological polar surface area (TPSA) is 58.2 Å². The quantitative estimate of drug-likeness (QED) is 0.667.